The summed E-state index contributed by atoms with van der Waals surface area (Å²) < 4.78 is 2.18. The summed E-state index contributed by atoms with van der Waals surface area (Å²) in [4.78, 5) is 23.8. The van der Waals surface area contributed by atoms with Crippen molar-refractivity contribution in [1.82, 2.24) is 19.9 Å². The fourth-order valence-electron chi connectivity index (χ4n) is 5.09. The Morgan fingerprint density at radius 1 is 1.00 bits per heavy atom. The van der Waals surface area contributed by atoms with Crippen LogP contribution in [0.2, 0.25) is 0 Å². The third-order valence-electron chi connectivity index (χ3n) is 7.04. The summed E-state index contributed by atoms with van der Waals surface area (Å²) in [6.45, 7) is 10.0. The zero-order valence-electron chi connectivity index (χ0n) is 22.3. The lowest BCUT2D eigenvalue weighted by molar-refractivity contribution is -0.118. The van der Waals surface area contributed by atoms with E-state index in [0.29, 0.717) is 5.11 Å². The number of benzene rings is 1. The number of pyridine rings is 2. The Kier molecular flexibility index (Phi) is 6.99. The van der Waals surface area contributed by atoms with E-state index in [4.69, 9.17) is 12.2 Å². The van der Waals surface area contributed by atoms with Gasteiger partial charge in [-0.15, -0.1) is 0 Å². The number of hydrogen-bond donors (Lipinski definition) is 2. The van der Waals surface area contributed by atoms with Gasteiger partial charge in [0.25, 0.3) is 0 Å². The van der Waals surface area contributed by atoms with E-state index < -0.39 is 0 Å². The van der Waals surface area contributed by atoms with Gasteiger partial charge in [0.05, 0.1) is 17.8 Å². The third-order valence-corrected chi connectivity index (χ3v) is 7.35. The fourth-order valence-corrected chi connectivity index (χ4v) is 5.44. The fraction of sp³-hybridized carbons (Fsp3) is 0.267. The number of anilines is 2. The Morgan fingerprint density at radius 2 is 1.74 bits per heavy atom. The number of thiocarbonyl (C=S) groups is 1. The van der Waals surface area contributed by atoms with Gasteiger partial charge in [-0.1, -0.05) is 26.0 Å². The molecule has 7 nitrogen and oxygen atoms in total. The van der Waals surface area contributed by atoms with Crippen LogP contribution < -0.4 is 15.5 Å². The van der Waals surface area contributed by atoms with Gasteiger partial charge in [0.1, 0.15) is 5.82 Å². The van der Waals surface area contributed by atoms with Crippen molar-refractivity contribution in [3.05, 3.63) is 101 Å². The second kappa shape index (κ2) is 10.4. The van der Waals surface area contributed by atoms with Gasteiger partial charge in [-0.2, -0.15) is 0 Å². The van der Waals surface area contributed by atoms with Crippen LogP contribution in [0.25, 0.3) is 5.82 Å². The molecule has 0 saturated carbocycles. The van der Waals surface area contributed by atoms with Gasteiger partial charge in [0.2, 0.25) is 5.91 Å². The van der Waals surface area contributed by atoms with Crippen LogP contribution in [0.1, 0.15) is 54.1 Å². The summed E-state index contributed by atoms with van der Waals surface area (Å²) in [6, 6.07) is 19.9. The van der Waals surface area contributed by atoms with Crippen LogP contribution in [-0.2, 0) is 4.79 Å². The van der Waals surface area contributed by atoms with Gasteiger partial charge in [-0.25, -0.2) is 4.98 Å². The van der Waals surface area contributed by atoms with Crippen LogP contribution in [0.4, 0.5) is 11.4 Å². The summed E-state index contributed by atoms with van der Waals surface area (Å²) in [6.07, 6.45) is 3.62. The van der Waals surface area contributed by atoms with Crippen molar-refractivity contribution in [2.75, 3.05) is 10.2 Å². The highest BCUT2D eigenvalue weighted by Gasteiger charge is 2.42. The van der Waals surface area contributed by atoms with Crippen LogP contribution in [0.3, 0.4) is 0 Å². The molecule has 1 aromatic carbocycles. The summed E-state index contributed by atoms with van der Waals surface area (Å²) in [7, 11) is 0. The molecule has 1 fully saturated rings. The minimum absolute atomic E-state index is 0.00531. The molecule has 194 valence electrons. The van der Waals surface area contributed by atoms with E-state index in [9.17, 15) is 4.79 Å². The number of rotatable bonds is 6. The molecule has 1 aliphatic heterocycles. The van der Waals surface area contributed by atoms with Crippen molar-refractivity contribution in [3.63, 3.8) is 0 Å². The van der Waals surface area contributed by atoms with Crippen molar-refractivity contribution in [1.29, 1.82) is 0 Å². The molecule has 0 aliphatic carbocycles. The van der Waals surface area contributed by atoms with Crippen molar-refractivity contribution >= 4 is 34.6 Å². The Morgan fingerprint density at radius 3 is 2.37 bits per heavy atom. The van der Waals surface area contributed by atoms with E-state index >= 15 is 0 Å². The zero-order valence-corrected chi connectivity index (χ0v) is 23.1. The maximum Gasteiger partial charge on any atom is 0.226 e. The Bertz CT molecular complexity index is 1480. The first kappa shape index (κ1) is 25.6. The highest BCUT2D eigenvalue weighted by molar-refractivity contribution is 7.80. The van der Waals surface area contributed by atoms with E-state index in [1.165, 1.54) is 0 Å². The third kappa shape index (κ3) is 4.67. The highest BCUT2D eigenvalue weighted by atomic mass is 32.1. The topological polar surface area (TPSA) is 75.1 Å². The number of aromatic nitrogens is 3. The second-order valence-electron chi connectivity index (χ2n) is 9.99. The number of nitrogens with zero attached hydrogens (tertiary/aromatic N) is 4. The zero-order chi connectivity index (χ0) is 27.0. The normalized spacial score (nSPS) is 17.1. The Balaban J connectivity index is 1.61. The van der Waals surface area contributed by atoms with Crippen molar-refractivity contribution in [2.24, 2.45) is 5.92 Å². The smallest absolute Gasteiger partial charge is 0.226 e. The van der Waals surface area contributed by atoms with E-state index in [0.717, 1.165) is 45.4 Å². The molecule has 0 radical (unpaired) electrons. The largest absolute Gasteiger partial charge is 0.351 e. The number of carbonyl (C=O) groups is 1. The van der Waals surface area contributed by atoms with Crippen molar-refractivity contribution in [3.8, 4) is 5.82 Å². The molecule has 38 heavy (non-hydrogen) atoms. The maximum absolute atomic E-state index is 12.3. The quantitative estimate of drug-likeness (QED) is 0.303. The molecular weight excluding hydrogens is 492 g/mol. The highest BCUT2D eigenvalue weighted by Crippen LogP contribution is 2.44. The lowest BCUT2D eigenvalue weighted by Crippen LogP contribution is -2.29. The van der Waals surface area contributed by atoms with E-state index in [1.807, 2.05) is 81.7 Å². The van der Waals surface area contributed by atoms with Crippen LogP contribution >= 0.6 is 12.2 Å². The van der Waals surface area contributed by atoms with Gasteiger partial charge in [-0.05, 0) is 92.6 Å². The molecule has 0 unspecified atom stereocenters. The van der Waals surface area contributed by atoms with Gasteiger partial charge < -0.3 is 20.1 Å². The van der Waals surface area contributed by atoms with Gasteiger partial charge in [-0.3, -0.25) is 9.78 Å². The van der Waals surface area contributed by atoms with Crippen LogP contribution in [-0.4, -0.2) is 25.6 Å². The SMILES string of the molecule is Cc1cc(N2C(=S)N[C@H](c3ccccn3)[C@@H]2c2cc(C)n(-c3ccccn3)c2C)ccc1NC(=O)C(C)C. The lowest BCUT2D eigenvalue weighted by Gasteiger charge is -2.29. The Labute approximate surface area is 228 Å². The molecule has 0 bridgehead atoms. The molecule has 3 aromatic heterocycles. The molecule has 1 saturated heterocycles. The average Bonchev–Trinajstić information content (AvgIpc) is 3.41. The van der Waals surface area contributed by atoms with Crippen molar-refractivity contribution in [2.45, 2.75) is 46.7 Å². The molecule has 1 aliphatic rings. The predicted molar refractivity (Wildman–Crippen MR) is 156 cm³/mol. The molecule has 4 aromatic rings. The first-order chi connectivity index (χ1) is 18.3. The Hall–Kier alpha value is -4.04. The minimum atomic E-state index is -0.151. The number of carbonyl (C=O) groups excluding carboxylic acids is 1. The molecule has 1 amide bonds. The minimum Gasteiger partial charge on any atom is -0.351 e. The molecule has 8 heteroatoms. The first-order valence-corrected chi connectivity index (χ1v) is 13.2. The van der Waals surface area contributed by atoms with Crippen molar-refractivity contribution < 1.29 is 4.79 Å². The van der Waals surface area contributed by atoms with Crippen LogP contribution in [0, 0.1) is 26.7 Å². The van der Waals surface area contributed by atoms with E-state index in [-0.39, 0.29) is 23.9 Å². The van der Waals surface area contributed by atoms with Gasteiger partial charge in [0.15, 0.2) is 5.11 Å². The summed E-state index contributed by atoms with van der Waals surface area (Å²) in [5, 5.41) is 7.20. The van der Waals surface area contributed by atoms with Crippen LogP contribution in [0.15, 0.2) is 73.1 Å². The van der Waals surface area contributed by atoms with E-state index in [2.05, 4.69) is 56.0 Å². The van der Waals surface area contributed by atoms with Crippen LogP contribution in [0.5, 0.6) is 0 Å². The molecule has 5 rings (SSSR count). The maximum atomic E-state index is 12.3. The van der Waals surface area contributed by atoms with E-state index in [1.54, 1.807) is 0 Å². The number of hydrogen-bond acceptors (Lipinski definition) is 4. The molecule has 0 spiro atoms. The number of aryl methyl sites for hydroxylation is 2. The van der Waals surface area contributed by atoms with Gasteiger partial charge in [0, 0.05) is 41.1 Å². The first-order valence-electron chi connectivity index (χ1n) is 12.8. The summed E-state index contributed by atoms with van der Waals surface area (Å²) >= 11 is 5.93. The predicted octanol–water partition coefficient (Wildman–Crippen LogP) is 5.96. The molecule has 2 N–H and O–H groups in total. The van der Waals surface area contributed by atoms with Gasteiger partial charge >= 0.3 is 0 Å². The summed E-state index contributed by atoms with van der Waals surface area (Å²) in [5.74, 6) is 0.779. The lowest BCUT2D eigenvalue weighted by atomic mass is 9.96. The second-order valence-corrected chi connectivity index (χ2v) is 10.4. The number of amides is 1. The molecule has 2 atom stereocenters. The average molecular weight is 525 g/mol. The standard InChI is InChI=1S/C30H32N6OS/c1-18(2)29(37)33-24-13-12-22(16-19(24)3)36-28(27(34-30(36)38)25-10-6-8-14-31-25)23-17-20(4)35(21(23)5)26-11-7-9-15-32-26/h6-18,27-28H,1-5H3,(H,33,37)(H,34,38)/t27-,28+/m1/s1. The molecular formula is C30H32N6OS. The number of nitrogens with one attached hydrogen (secondary N) is 2. The monoisotopic (exact) mass is 524 g/mol. The summed E-state index contributed by atoms with van der Waals surface area (Å²) in [5.41, 5.74) is 6.98. The molecule has 4 heterocycles.